The van der Waals surface area contributed by atoms with Crippen LogP contribution in [0.5, 0.6) is 11.5 Å². The molecule has 0 unspecified atom stereocenters. The number of pyridine rings is 1. The van der Waals surface area contributed by atoms with E-state index in [4.69, 9.17) is 10.5 Å². The third kappa shape index (κ3) is 5.70. The number of hydrogen-bond acceptors (Lipinski definition) is 8. The summed E-state index contributed by atoms with van der Waals surface area (Å²) in [6.07, 6.45) is 2.90. The summed E-state index contributed by atoms with van der Waals surface area (Å²) in [5.41, 5.74) is 9.93. The molecule has 0 atom stereocenters. The Morgan fingerprint density at radius 2 is 1.80 bits per heavy atom. The third-order valence-electron chi connectivity index (χ3n) is 6.89. The predicted octanol–water partition coefficient (Wildman–Crippen LogP) is 2.26. The Kier molecular flexibility index (Phi) is 8.54. The molecule has 5 rings (SSSR count). The van der Waals surface area contributed by atoms with E-state index in [2.05, 4.69) is 15.3 Å². The first-order valence-electron chi connectivity index (χ1n) is 12.4. The largest absolute Gasteiger partial charge is 0.504 e. The van der Waals surface area contributed by atoms with Crippen molar-refractivity contribution in [2.45, 2.75) is 4.90 Å². The fraction of sp³-hybridized carbons (Fsp3) is 0.222. The molecule has 216 valence electrons. The minimum Gasteiger partial charge on any atom is -0.504 e. The first kappa shape index (κ1) is 29.8. The zero-order valence-corrected chi connectivity index (χ0v) is 23.9. The molecule has 0 radical (unpaired) electrons. The number of carbonyl (C=O) groups excluding carboxylic acids is 2. The lowest BCUT2D eigenvalue weighted by Gasteiger charge is -2.31. The summed E-state index contributed by atoms with van der Waals surface area (Å²) in [5.74, 6) is -1.41. The first-order valence-corrected chi connectivity index (χ1v) is 13.8. The van der Waals surface area contributed by atoms with Gasteiger partial charge in [0.1, 0.15) is 4.90 Å². The monoisotopic (exact) mass is 600 g/mol. The number of nitrogens with zero attached hydrogens (tertiary/aromatic N) is 4. The van der Waals surface area contributed by atoms with Crippen LogP contribution in [0.25, 0.3) is 22.2 Å². The highest BCUT2D eigenvalue weighted by Crippen LogP contribution is 2.32. The number of aromatic hydroxyl groups is 1. The second kappa shape index (κ2) is 11.7. The number of primary amides is 1. The molecule has 1 aliphatic rings. The number of ether oxygens (including phenoxy) is 1. The van der Waals surface area contributed by atoms with E-state index < -0.39 is 21.8 Å². The van der Waals surface area contributed by atoms with Crippen molar-refractivity contribution in [3.05, 3.63) is 72.1 Å². The summed E-state index contributed by atoms with van der Waals surface area (Å²) in [6, 6.07) is 12.4. The number of aromatic nitrogens is 2. The molecule has 0 bridgehead atoms. The molecule has 1 saturated heterocycles. The number of phenolic OH excluding ortho intramolecular Hbond substituents is 1. The number of para-hydroxylation sites is 1. The van der Waals surface area contributed by atoms with Crippen molar-refractivity contribution < 1.29 is 27.9 Å². The summed E-state index contributed by atoms with van der Waals surface area (Å²) in [5, 5.41) is 11.0. The van der Waals surface area contributed by atoms with Gasteiger partial charge in [0.25, 0.3) is 5.91 Å². The van der Waals surface area contributed by atoms with E-state index in [1.54, 1.807) is 30.5 Å². The van der Waals surface area contributed by atoms with Crippen molar-refractivity contribution in [3.8, 4) is 22.8 Å². The number of nitrogens with two attached hydrogens (primary N) is 1. The van der Waals surface area contributed by atoms with Crippen LogP contribution in [0.15, 0.2) is 65.8 Å². The zero-order valence-electron chi connectivity index (χ0n) is 22.3. The number of piperazine rings is 1. The quantitative estimate of drug-likeness (QED) is 0.291. The van der Waals surface area contributed by atoms with Crippen molar-refractivity contribution >= 4 is 45.1 Å². The molecule has 14 heteroatoms. The highest BCUT2D eigenvalue weighted by Gasteiger charge is 2.28. The van der Waals surface area contributed by atoms with Gasteiger partial charge < -0.3 is 20.5 Å². The van der Waals surface area contributed by atoms with Crippen LogP contribution in [0.2, 0.25) is 0 Å². The van der Waals surface area contributed by atoms with Crippen molar-refractivity contribution in [2.75, 3.05) is 45.8 Å². The molecule has 0 spiro atoms. The van der Waals surface area contributed by atoms with Crippen LogP contribution in [0, 0.1) is 0 Å². The number of amides is 2. The van der Waals surface area contributed by atoms with E-state index in [-0.39, 0.29) is 39.9 Å². The lowest BCUT2D eigenvalue weighted by atomic mass is 10.1. The van der Waals surface area contributed by atoms with Crippen LogP contribution < -0.4 is 15.9 Å². The minimum atomic E-state index is -3.71. The maximum Gasteiger partial charge on any atom is 0.274 e. The van der Waals surface area contributed by atoms with Gasteiger partial charge in [-0.05, 0) is 49.5 Å². The van der Waals surface area contributed by atoms with Crippen LogP contribution in [-0.4, -0.2) is 84.5 Å². The molecule has 0 aliphatic carbocycles. The van der Waals surface area contributed by atoms with Gasteiger partial charge in [0.15, 0.2) is 11.5 Å². The zero-order chi connectivity index (χ0) is 28.6. The van der Waals surface area contributed by atoms with Gasteiger partial charge in [0, 0.05) is 55.1 Å². The Morgan fingerprint density at radius 3 is 2.44 bits per heavy atom. The van der Waals surface area contributed by atoms with Crippen molar-refractivity contribution in [3.63, 3.8) is 0 Å². The average Bonchev–Trinajstić information content (AvgIpc) is 3.30. The molecular formula is C27H29ClN6O6S. The Balaban J connectivity index is 0.00000387. The van der Waals surface area contributed by atoms with Gasteiger partial charge in [-0.1, -0.05) is 6.07 Å². The molecule has 3 heterocycles. The van der Waals surface area contributed by atoms with Crippen molar-refractivity contribution in [1.29, 1.82) is 0 Å². The SMILES string of the molecule is COc1cccc(C(=O)Nn2cc(-c3ccc(S(=O)(=O)N4CCN(C)CC4)cn3)c3cc(C(N)=O)ccc32)c1O.Cl. The summed E-state index contributed by atoms with van der Waals surface area (Å²) in [4.78, 5) is 31.5. The number of rotatable bonds is 7. The smallest absolute Gasteiger partial charge is 0.274 e. The molecule has 2 aromatic heterocycles. The van der Waals surface area contributed by atoms with Gasteiger partial charge >= 0.3 is 0 Å². The minimum absolute atomic E-state index is 0. The lowest BCUT2D eigenvalue weighted by Crippen LogP contribution is -2.47. The number of benzene rings is 2. The maximum atomic E-state index is 13.1. The van der Waals surface area contributed by atoms with E-state index >= 15 is 0 Å². The van der Waals surface area contributed by atoms with Gasteiger partial charge in [-0.3, -0.25) is 24.7 Å². The Hall–Kier alpha value is -4.17. The van der Waals surface area contributed by atoms with Crippen LogP contribution in [-0.2, 0) is 10.0 Å². The Morgan fingerprint density at radius 1 is 1.07 bits per heavy atom. The van der Waals surface area contributed by atoms with E-state index in [1.165, 1.54) is 46.6 Å². The molecule has 4 aromatic rings. The molecule has 2 amide bonds. The van der Waals surface area contributed by atoms with Gasteiger partial charge in [0.2, 0.25) is 15.9 Å². The molecule has 1 fully saturated rings. The number of hydrogen-bond donors (Lipinski definition) is 3. The number of halogens is 1. The lowest BCUT2D eigenvalue weighted by molar-refractivity contribution is 0.0994. The fourth-order valence-electron chi connectivity index (χ4n) is 4.59. The highest BCUT2D eigenvalue weighted by molar-refractivity contribution is 7.89. The predicted molar refractivity (Wildman–Crippen MR) is 156 cm³/mol. The molecule has 41 heavy (non-hydrogen) atoms. The van der Waals surface area contributed by atoms with Crippen LogP contribution in [0.1, 0.15) is 20.7 Å². The fourth-order valence-corrected chi connectivity index (χ4v) is 5.96. The normalized spacial score (nSPS) is 14.4. The van der Waals surface area contributed by atoms with Crippen LogP contribution >= 0.6 is 12.4 Å². The number of sulfonamides is 1. The topological polar surface area (TPSA) is 160 Å². The van der Waals surface area contributed by atoms with Crippen LogP contribution in [0.3, 0.4) is 0 Å². The second-order valence-corrected chi connectivity index (χ2v) is 11.3. The highest BCUT2D eigenvalue weighted by atomic mass is 35.5. The van der Waals surface area contributed by atoms with Gasteiger partial charge in [-0.15, -0.1) is 12.4 Å². The number of phenols is 1. The number of carbonyl (C=O) groups is 2. The van der Waals surface area contributed by atoms with Gasteiger partial charge in [0.05, 0.1) is 23.9 Å². The number of nitrogens with one attached hydrogen (secondary N) is 1. The van der Waals surface area contributed by atoms with E-state index in [1.807, 2.05) is 7.05 Å². The Labute approximate surface area is 242 Å². The summed E-state index contributed by atoms with van der Waals surface area (Å²) >= 11 is 0. The van der Waals surface area contributed by atoms with Gasteiger partial charge in [-0.2, -0.15) is 4.31 Å². The number of methoxy groups -OCH3 is 1. The maximum absolute atomic E-state index is 13.1. The van der Waals surface area contributed by atoms with E-state index in [0.29, 0.717) is 48.3 Å². The standard InChI is InChI=1S/C27H28N6O6S.ClH/c1-31-10-12-32(13-11-31)40(37,38)18-7-8-22(29-15-18)21-16-33(23-9-6-17(26(28)35)14-20(21)23)30-27(36)19-4-3-5-24(39-2)25(19)34;/h3-9,14-16,34H,10-13H2,1-2H3,(H2,28,35)(H,30,36);1H. The molecule has 12 nitrogen and oxygen atoms in total. The average molecular weight is 601 g/mol. The molecule has 2 aromatic carbocycles. The third-order valence-corrected chi connectivity index (χ3v) is 8.77. The molecule has 1 aliphatic heterocycles. The summed E-state index contributed by atoms with van der Waals surface area (Å²) < 4.78 is 34.3. The first-order chi connectivity index (χ1) is 19.1. The second-order valence-electron chi connectivity index (χ2n) is 9.39. The van der Waals surface area contributed by atoms with Gasteiger partial charge in [-0.25, -0.2) is 8.42 Å². The molecule has 0 saturated carbocycles. The van der Waals surface area contributed by atoms with Crippen LogP contribution in [0.4, 0.5) is 0 Å². The van der Waals surface area contributed by atoms with E-state index in [9.17, 15) is 23.1 Å². The van der Waals surface area contributed by atoms with E-state index in [0.717, 1.165) is 0 Å². The van der Waals surface area contributed by atoms with Crippen molar-refractivity contribution in [1.82, 2.24) is 18.9 Å². The number of fused-ring (bicyclic) bond motifs is 1. The molecule has 4 N–H and O–H groups in total. The van der Waals surface area contributed by atoms with Crippen molar-refractivity contribution in [2.24, 2.45) is 5.73 Å². The summed E-state index contributed by atoms with van der Waals surface area (Å²) in [6.45, 7) is 2.08. The number of likely N-dealkylation sites (N-methyl/N-ethyl adjacent to an activating group) is 1. The summed E-state index contributed by atoms with van der Waals surface area (Å²) in [7, 11) is -0.380. The Bertz CT molecular complexity index is 1720. The molecular weight excluding hydrogens is 572 g/mol.